The molecule has 7 nitrogen and oxygen atoms in total. The molecule has 1 aromatic carbocycles. The molecule has 0 saturated carbocycles. The Morgan fingerprint density at radius 1 is 0.969 bits per heavy atom. The van der Waals surface area contributed by atoms with Crippen LogP contribution in [0.5, 0.6) is 0 Å². The van der Waals surface area contributed by atoms with Crippen molar-refractivity contribution in [1.29, 1.82) is 0 Å². The highest BCUT2D eigenvalue weighted by atomic mass is 16.2. The number of aliphatic imine (C=N–C) groups is 1. The van der Waals surface area contributed by atoms with Gasteiger partial charge in [0.2, 0.25) is 11.8 Å². The molecule has 7 heteroatoms. The molecule has 32 heavy (non-hydrogen) atoms. The van der Waals surface area contributed by atoms with E-state index in [2.05, 4.69) is 53.3 Å². The van der Waals surface area contributed by atoms with Gasteiger partial charge in [-0.15, -0.1) is 0 Å². The number of anilines is 1. The number of benzene rings is 1. The number of nitrogens with one attached hydrogen (secondary N) is 1. The van der Waals surface area contributed by atoms with Crippen LogP contribution in [0.25, 0.3) is 0 Å². The van der Waals surface area contributed by atoms with Crippen LogP contribution in [0, 0.1) is 5.92 Å². The fourth-order valence-corrected chi connectivity index (χ4v) is 4.47. The van der Waals surface area contributed by atoms with Crippen molar-refractivity contribution < 1.29 is 9.59 Å². The summed E-state index contributed by atoms with van der Waals surface area (Å²) in [6.45, 7) is 8.61. The first kappa shape index (κ1) is 24.1. The number of fused-ring (bicyclic) bond motifs is 1. The fourth-order valence-electron chi connectivity index (χ4n) is 4.47. The second-order valence-corrected chi connectivity index (χ2v) is 9.17. The van der Waals surface area contributed by atoms with E-state index in [0.29, 0.717) is 44.9 Å². The third-order valence-corrected chi connectivity index (χ3v) is 6.27. The summed E-state index contributed by atoms with van der Waals surface area (Å²) in [5.41, 5.74) is 2.62. The highest BCUT2D eigenvalue weighted by Gasteiger charge is 2.24. The van der Waals surface area contributed by atoms with Gasteiger partial charge in [0.1, 0.15) is 0 Å². The maximum atomic E-state index is 12.5. The van der Waals surface area contributed by atoms with Gasteiger partial charge in [-0.25, -0.2) is 0 Å². The summed E-state index contributed by atoms with van der Waals surface area (Å²) in [6, 6.07) is 8.50. The summed E-state index contributed by atoms with van der Waals surface area (Å²) in [6.07, 6.45) is 5.17. The molecular weight excluding hydrogens is 402 g/mol. The molecule has 2 aliphatic rings. The lowest BCUT2D eigenvalue weighted by Crippen LogP contribution is -2.50. The smallest absolute Gasteiger partial charge is 0.222 e. The molecule has 0 atom stereocenters. The van der Waals surface area contributed by atoms with Crippen molar-refractivity contribution in [3.63, 3.8) is 0 Å². The second-order valence-electron chi connectivity index (χ2n) is 9.17. The van der Waals surface area contributed by atoms with Gasteiger partial charge in [0.05, 0.1) is 0 Å². The van der Waals surface area contributed by atoms with E-state index in [1.54, 1.807) is 0 Å². The molecule has 1 aromatic rings. The number of hydrogen-bond acceptors (Lipinski definition) is 3. The summed E-state index contributed by atoms with van der Waals surface area (Å²) in [5.74, 6) is 1.74. The molecule has 1 N–H and O–H groups in total. The van der Waals surface area contributed by atoms with Gasteiger partial charge in [-0.3, -0.25) is 14.6 Å². The molecule has 0 aromatic heterocycles. The zero-order chi connectivity index (χ0) is 22.9. The number of piperazine rings is 1. The van der Waals surface area contributed by atoms with Crippen LogP contribution in [-0.4, -0.2) is 73.9 Å². The molecule has 0 radical (unpaired) electrons. The normalized spacial score (nSPS) is 16.5. The zero-order valence-electron chi connectivity index (χ0n) is 20.0. The number of hydrogen-bond donors (Lipinski definition) is 1. The van der Waals surface area contributed by atoms with Crippen molar-refractivity contribution in [3.8, 4) is 0 Å². The summed E-state index contributed by atoms with van der Waals surface area (Å²) < 4.78 is 0. The van der Waals surface area contributed by atoms with Crippen molar-refractivity contribution in [1.82, 2.24) is 15.1 Å². The van der Waals surface area contributed by atoms with Crippen LogP contribution in [0.3, 0.4) is 0 Å². The fraction of sp³-hybridized carbons (Fsp3) is 0.640. The highest BCUT2D eigenvalue weighted by molar-refractivity contribution is 5.97. The Morgan fingerprint density at radius 2 is 1.66 bits per heavy atom. The van der Waals surface area contributed by atoms with Gasteiger partial charge in [-0.1, -0.05) is 38.5 Å². The Balaban J connectivity index is 1.29. The molecule has 1 saturated heterocycles. The third kappa shape index (κ3) is 6.47. The van der Waals surface area contributed by atoms with E-state index >= 15 is 0 Å². The number of carbonyl (C=O) groups is 2. The predicted molar refractivity (Wildman–Crippen MR) is 130 cm³/mol. The predicted octanol–water partition coefficient (Wildman–Crippen LogP) is 2.90. The molecule has 0 aliphatic carbocycles. The van der Waals surface area contributed by atoms with E-state index in [0.717, 1.165) is 44.7 Å². The summed E-state index contributed by atoms with van der Waals surface area (Å²) in [7, 11) is 1.83. The Bertz CT molecular complexity index is 799. The molecule has 2 aliphatic heterocycles. The number of amides is 2. The van der Waals surface area contributed by atoms with Gasteiger partial charge in [-0.2, -0.15) is 0 Å². The monoisotopic (exact) mass is 441 g/mol. The summed E-state index contributed by atoms with van der Waals surface area (Å²) >= 11 is 0. The molecule has 0 bridgehead atoms. The largest absolute Gasteiger partial charge is 0.356 e. The van der Waals surface area contributed by atoms with Crippen LogP contribution >= 0.6 is 0 Å². The van der Waals surface area contributed by atoms with Crippen LogP contribution < -0.4 is 10.2 Å². The lowest BCUT2D eigenvalue weighted by Gasteiger charge is -2.35. The lowest BCUT2D eigenvalue weighted by molar-refractivity contribution is -0.140. The van der Waals surface area contributed by atoms with Crippen molar-refractivity contribution in [2.75, 3.05) is 51.2 Å². The maximum Gasteiger partial charge on any atom is 0.222 e. The molecule has 1 fully saturated rings. The molecule has 3 rings (SSSR count). The van der Waals surface area contributed by atoms with Crippen molar-refractivity contribution in [3.05, 3.63) is 29.8 Å². The third-order valence-electron chi connectivity index (χ3n) is 6.27. The van der Waals surface area contributed by atoms with Gasteiger partial charge < -0.3 is 20.0 Å². The topological polar surface area (TPSA) is 68.2 Å². The summed E-state index contributed by atoms with van der Waals surface area (Å²) in [4.78, 5) is 35.2. The Hall–Kier alpha value is -2.57. The van der Waals surface area contributed by atoms with Crippen LogP contribution in [-0.2, 0) is 16.0 Å². The van der Waals surface area contributed by atoms with E-state index in [9.17, 15) is 9.59 Å². The maximum absolute atomic E-state index is 12.5. The number of nitrogens with zero attached hydrogens (tertiary/aromatic N) is 4. The average Bonchev–Trinajstić information content (AvgIpc) is 3.22. The minimum atomic E-state index is 0.215. The SMILES string of the molecule is CN=C(NCCCCCC(=O)N1CCN(C(=O)CC(C)C)CC1)N1CCc2ccccc21. The van der Waals surface area contributed by atoms with Gasteiger partial charge >= 0.3 is 0 Å². The van der Waals surface area contributed by atoms with Crippen LogP contribution in [0.4, 0.5) is 5.69 Å². The van der Waals surface area contributed by atoms with Gasteiger partial charge in [0.15, 0.2) is 5.96 Å². The van der Waals surface area contributed by atoms with E-state index < -0.39 is 0 Å². The molecule has 176 valence electrons. The van der Waals surface area contributed by atoms with Crippen LogP contribution in [0.1, 0.15) is 51.5 Å². The quantitative estimate of drug-likeness (QED) is 0.383. The van der Waals surface area contributed by atoms with Crippen molar-refractivity contribution in [2.45, 2.75) is 52.4 Å². The number of rotatable bonds is 8. The molecular formula is C25H39N5O2. The number of unbranched alkanes of at least 4 members (excludes halogenated alkanes) is 2. The van der Waals surface area contributed by atoms with E-state index in [1.807, 2.05) is 16.8 Å². The van der Waals surface area contributed by atoms with E-state index in [-0.39, 0.29) is 11.8 Å². The Labute approximate surface area is 192 Å². The van der Waals surface area contributed by atoms with Crippen molar-refractivity contribution in [2.24, 2.45) is 10.9 Å². The minimum Gasteiger partial charge on any atom is -0.356 e. The number of carbonyl (C=O) groups excluding carboxylic acids is 2. The van der Waals surface area contributed by atoms with Gasteiger partial charge in [0.25, 0.3) is 0 Å². The van der Waals surface area contributed by atoms with Gasteiger partial charge in [0, 0.05) is 64.8 Å². The average molecular weight is 442 g/mol. The Morgan fingerprint density at radius 3 is 2.34 bits per heavy atom. The highest BCUT2D eigenvalue weighted by Crippen LogP contribution is 2.27. The standard InChI is InChI=1S/C25H39N5O2/c1-20(2)19-24(32)29-17-15-28(16-18-29)23(31)11-5-4-8-13-27-25(26-3)30-14-12-21-9-6-7-10-22(21)30/h6-7,9-10,20H,4-5,8,11-19H2,1-3H3,(H,26,27). The first-order chi connectivity index (χ1) is 15.5. The molecule has 0 unspecified atom stereocenters. The van der Waals surface area contributed by atoms with Crippen LogP contribution in [0.15, 0.2) is 29.3 Å². The second kappa shape index (κ2) is 11.9. The van der Waals surface area contributed by atoms with Crippen LogP contribution in [0.2, 0.25) is 0 Å². The first-order valence-corrected chi connectivity index (χ1v) is 12.1. The van der Waals surface area contributed by atoms with E-state index in [4.69, 9.17) is 0 Å². The molecule has 2 amide bonds. The first-order valence-electron chi connectivity index (χ1n) is 12.1. The Kier molecular flexibility index (Phi) is 8.94. The number of para-hydroxylation sites is 1. The minimum absolute atomic E-state index is 0.215. The lowest BCUT2D eigenvalue weighted by atomic mass is 10.1. The van der Waals surface area contributed by atoms with Gasteiger partial charge in [-0.05, 0) is 36.8 Å². The van der Waals surface area contributed by atoms with E-state index in [1.165, 1.54) is 11.3 Å². The molecule has 2 heterocycles. The van der Waals surface area contributed by atoms with Crippen molar-refractivity contribution >= 4 is 23.5 Å². The number of guanidine groups is 1. The zero-order valence-corrected chi connectivity index (χ0v) is 20.0. The molecule has 0 spiro atoms. The summed E-state index contributed by atoms with van der Waals surface area (Å²) in [5, 5.41) is 3.48.